The molecular weight excluding hydrogens is 216 g/mol. The average molecular weight is 234 g/mol. The zero-order valence-electron chi connectivity index (χ0n) is 8.98. The van der Waals surface area contributed by atoms with Gasteiger partial charge in [0.15, 0.2) is 15.1 Å². The maximum atomic E-state index is 11.3. The van der Waals surface area contributed by atoms with Crippen molar-refractivity contribution in [2.75, 3.05) is 6.26 Å². The second-order valence-electron chi connectivity index (χ2n) is 4.40. The van der Waals surface area contributed by atoms with Crippen LogP contribution in [0.1, 0.15) is 38.5 Å². The lowest BCUT2D eigenvalue weighted by Crippen LogP contribution is -2.32. The Bertz CT molecular complexity index is 314. The van der Waals surface area contributed by atoms with E-state index in [0.29, 0.717) is 0 Å². The van der Waals surface area contributed by atoms with E-state index in [-0.39, 0.29) is 12.3 Å². The summed E-state index contributed by atoms with van der Waals surface area (Å²) in [5.41, 5.74) is 0. The number of carboxylic acid groups (broad SMARTS) is 1. The van der Waals surface area contributed by atoms with Gasteiger partial charge in [-0.25, -0.2) is 8.42 Å². The van der Waals surface area contributed by atoms with Crippen LogP contribution in [0, 0.1) is 5.92 Å². The Balaban J connectivity index is 2.62. The second-order valence-corrected chi connectivity index (χ2v) is 6.62. The Morgan fingerprint density at radius 3 is 2.27 bits per heavy atom. The number of hydrogen-bond donors (Lipinski definition) is 1. The minimum atomic E-state index is -3.46. The summed E-state index contributed by atoms with van der Waals surface area (Å²) in [5.74, 6) is -0.933. The predicted octanol–water partition coefficient (Wildman–Crippen LogP) is 1.45. The highest BCUT2D eigenvalue weighted by molar-refractivity contribution is 7.92. The van der Waals surface area contributed by atoms with Crippen LogP contribution >= 0.6 is 0 Å². The molecule has 4 nitrogen and oxygen atoms in total. The molecule has 0 heterocycles. The van der Waals surface area contributed by atoms with Gasteiger partial charge in [-0.05, 0) is 12.3 Å². The smallest absolute Gasteiger partial charge is 0.321 e. The molecule has 0 aromatic carbocycles. The molecule has 1 rings (SSSR count). The van der Waals surface area contributed by atoms with Crippen LogP contribution in [0.2, 0.25) is 0 Å². The summed E-state index contributed by atoms with van der Waals surface area (Å²) in [6, 6.07) is 0. The molecule has 15 heavy (non-hydrogen) atoms. The van der Waals surface area contributed by atoms with Crippen molar-refractivity contribution >= 4 is 15.8 Å². The van der Waals surface area contributed by atoms with E-state index in [1.54, 1.807) is 0 Å². The summed E-state index contributed by atoms with van der Waals surface area (Å²) >= 11 is 0. The Labute approximate surface area is 90.6 Å². The van der Waals surface area contributed by atoms with Crippen LogP contribution in [0.4, 0.5) is 0 Å². The molecule has 0 spiro atoms. The fourth-order valence-corrected chi connectivity index (χ4v) is 3.17. The van der Waals surface area contributed by atoms with Crippen molar-refractivity contribution in [3.8, 4) is 0 Å². The van der Waals surface area contributed by atoms with Crippen molar-refractivity contribution in [3.05, 3.63) is 0 Å². The summed E-state index contributed by atoms with van der Waals surface area (Å²) in [6.07, 6.45) is 6.62. The van der Waals surface area contributed by atoms with Gasteiger partial charge < -0.3 is 5.11 Å². The molecular formula is C10H18O4S. The molecule has 0 saturated heterocycles. The predicted molar refractivity (Wildman–Crippen MR) is 57.5 cm³/mol. The van der Waals surface area contributed by atoms with Crippen LogP contribution in [0.15, 0.2) is 0 Å². The van der Waals surface area contributed by atoms with Crippen molar-refractivity contribution in [2.45, 2.75) is 43.8 Å². The Kier molecular flexibility index (Phi) is 4.13. The van der Waals surface area contributed by atoms with E-state index in [1.165, 1.54) is 6.42 Å². The van der Waals surface area contributed by atoms with E-state index in [4.69, 9.17) is 5.11 Å². The van der Waals surface area contributed by atoms with Gasteiger partial charge in [0.25, 0.3) is 0 Å². The molecule has 1 N–H and O–H groups in total. The molecule has 1 fully saturated rings. The number of aliphatic carboxylic acids is 1. The third kappa shape index (κ3) is 3.81. The zero-order chi connectivity index (χ0) is 11.5. The average Bonchev–Trinajstić information content (AvgIpc) is 2.13. The molecule has 0 aromatic rings. The van der Waals surface area contributed by atoms with Crippen LogP contribution < -0.4 is 0 Å². The van der Waals surface area contributed by atoms with Gasteiger partial charge in [0.05, 0.1) is 0 Å². The summed E-state index contributed by atoms with van der Waals surface area (Å²) in [7, 11) is -3.46. The van der Waals surface area contributed by atoms with Crippen molar-refractivity contribution in [3.63, 3.8) is 0 Å². The molecule has 1 atom stereocenters. The summed E-state index contributed by atoms with van der Waals surface area (Å²) in [5, 5.41) is 7.65. The van der Waals surface area contributed by atoms with E-state index >= 15 is 0 Å². The lowest BCUT2D eigenvalue weighted by atomic mass is 9.86. The molecule has 1 saturated carbocycles. The first kappa shape index (κ1) is 12.5. The first-order chi connectivity index (χ1) is 6.91. The molecule has 0 amide bonds. The lowest BCUT2D eigenvalue weighted by Gasteiger charge is -2.23. The first-order valence-corrected chi connectivity index (χ1v) is 7.28. The number of rotatable bonds is 4. The van der Waals surface area contributed by atoms with E-state index in [2.05, 4.69) is 0 Å². The maximum Gasteiger partial charge on any atom is 0.321 e. The number of hydrogen-bond acceptors (Lipinski definition) is 3. The fourth-order valence-electron chi connectivity index (χ4n) is 2.18. The van der Waals surface area contributed by atoms with Gasteiger partial charge in [0.1, 0.15) is 0 Å². The minimum Gasteiger partial charge on any atom is -0.480 e. The number of sulfone groups is 1. The first-order valence-electron chi connectivity index (χ1n) is 5.33. The molecule has 0 aliphatic heterocycles. The van der Waals surface area contributed by atoms with E-state index in [1.807, 2.05) is 0 Å². The van der Waals surface area contributed by atoms with Crippen molar-refractivity contribution in [1.29, 1.82) is 0 Å². The quantitative estimate of drug-likeness (QED) is 0.799. The van der Waals surface area contributed by atoms with Gasteiger partial charge in [-0.15, -0.1) is 0 Å². The minimum absolute atomic E-state index is 0.273. The van der Waals surface area contributed by atoms with Gasteiger partial charge >= 0.3 is 5.97 Å². The molecule has 0 radical (unpaired) electrons. The fraction of sp³-hybridized carbons (Fsp3) is 0.900. The highest BCUT2D eigenvalue weighted by Crippen LogP contribution is 2.28. The van der Waals surface area contributed by atoms with Crippen molar-refractivity contribution in [2.24, 2.45) is 5.92 Å². The van der Waals surface area contributed by atoms with Crippen LogP contribution in [-0.2, 0) is 14.6 Å². The second kappa shape index (κ2) is 4.96. The molecule has 1 aliphatic rings. The third-order valence-electron chi connectivity index (χ3n) is 3.06. The highest BCUT2D eigenvalue weighted by Gasteiger charge is 2.31. The summed E-state index contributed by atoms with van der Waals surface area (Å²) in [4.78, 5) is 10.8. The highest BCUT2D eigenvalue weighted by atomic mass is 32.2. The Hall–Kier alpha value is -0.580. The standard InChI is InChI=1S/C10H18O4S/c1-15(13,14)9(10(11)12)7-8-5-3-2-4-6-8/h8-9H,2-7H2,1H3,(H,11,12). The number of carboxylic acids is 1. The van der Waals surface area contributed by atoms with Crippen molar-refractivity contribution < 1.29 is 18.3 Å². The van der Waals surface area contributed by atoms with Crippen LogP contribution in [-0.4, -0.2) is 31.0 Å². The van der Waals surface area contributed by atoms with Gasteiger partial charge in [0.2, 0.25) is 0 Å². The van der Waals surface area contributed by atoms with Gasteiger partial charge in [-0.3, -0.25) is 4.79 Å². The SMILES string of the molecule is CS(=O)(=O)C(CC1CCCCC1)C(=O)O. The van der Waals surface area contributed by atoms with E-state index < -0.39 is 21.1 Å². The van der Waals surface area contributed by atoms with Crippen molar-refractivity contribution in [1.82, 2.24) is 0 Å². The Morgan fingerprint density at radius 1 is 1.33 bits per heavy atom. The summed E-state index contributed by atoms with van der Waals surface area (Å²) in [6.45, 7) is 0. The lowest BCUT2D eigenvalue weighted by molar-refractivity contribution is -0.136. The van der Waals surface area contributed by atoms with Crippen LogP contribution in [0.3, 0.4) is 0 Å². The molecule has 5 heteroatoms. The Morgan fingerprint density at radius 2 is 1.87 bits per heavy atom. The summed E-state index contributed by atoms with van der Waals surface area (Å²) < 4.78 is 22.5. The monoisotopic (exact) mass is 234 g/mol. The van der Waals surface area contributed by atoms with Crippen LogP contribution in [0.5, 0.6) is 0 Å². The molecule has 1 aliphatic carbocycles. The van der Waals surface area contributed by atoms with E-state index in [0.717, 1.165) is 31.9 Å². The molecule has 88 valence electrons. The number of carbonyl (C=O) groups is 1. The molecule has 0 aromatic heterocycles. The van der Waals surface area contributed by atoms with Gasteiger partial charge in [-0.2, -0.15) is 0 Å². The normalized spacial score (nSPS) is 21.1. The third-order valence-corrected chi connectivity index (χ3v) is 4.49. The molecule has 1 unspecified atom stereocenters. The van der Waals surface area contributed by atoms with Gasteiger partial charge in [-0.1, -0.05) is 32.1 Å². The van der Waals surface area contributed by atoms with E-state index in [9.17, 15) is 13.2 Å². The maximum absolute atomic E-state index is 11.3. The largest absolute Gasteiger partial charge is 0.480 e. The van der Waals surface area contributed by atoms with Crippen LogP contribution in [0.25, 0.3) is 0 Å². The molecule has 0 bridgehead atoms. The zero-order valence-corrected chi connectivity index (χ0v) is 9.79. The van der Waals surface area contributed by atoms with Gasteiger partial charge in [0, 0.05) is 6.26 Å². The topological polar surface area (TPSA) is 71.4 Å².